The van der Waals surface area contributed by atoms with Gasteiger partial charge < -0.3 is 15.4 Å². The van der Waals surface area contributed by atoms with Gasteiger partial charge >= 0.3 is 0 Å². The lowest BCUT2D eigenvalue weighted by Crippen LogP contribution is -2.33. The maximum absolute atomic E-state index is 12.3. The van der Waals surface area contributed by atoms with Gasteiger partial charge in [0.1, 0.15) is 5.75 Å². The van der Waals surface area contributed by atoms with Crippen LogP contribution in [0.2, 0.25) is 5.02 Å². The highest BCUT2D eigenvalue weighted by Gasteiger charge is 2.57. The van der Waals surface area contributed by atoms with Gasteiger partial charge in [-0.15, -0.1) is 0 Å². The van der Waals surface area contributed by atoms with Gasteiger partial charge in [0.15, 0.2) is 0 Å². The minimum atomic E-state index is 0.175. The van der Waals surface area contributed by atoms with Crippen LogP contribution in [0, 0.1) is 11.3 Å². The van der Waals surface area contributed by atoms with E-state index in [-0.39, 0.29) is 17.2 Å². The number of rotatable bonds is 4. The van der Waals surface area contributed by atoms with Crippen LogP contribution in [0.25, 0.3) is 0 Å². The van der Waals surface area contributed by atoms with Crippen molar-refractivity contribution in [1.29, 1.82) is 0 Å². The van der Waals surface area contributed by atoms with Crippen LogP contribution in [0.5, 0.6) is 5.75 Å². The molecule has 1 aromatic rings. The summed E-state index contributed by atoms with van der Waals surface area (Å²) in [6.45, 7) is 2.56. The topological polar surface area (TPSA) is 50.4 Å². The average Bonchev–Trinajstić information content (AvgIpc) is 3.19. The van der Waals surface area contributed by atoms with Gasteiger partial charge in [0.05, 0.1) is 7.11 Å². The molecule has 21 heavy (non-hydrogen) atoms. The molecular weight excluding hydrogens is 288 g/mol. The van der Waals surface area contributed by atoms with Crippen molar-refractivity contribution in [2.75, 3.05) is 20.2 Å². The van der Waals surface area contributed by atoms with Gasteiger partial charge in [0, 0.05) is 23.0 Å². The second kappa shape index (κ2) is 5.85. The Hall–Kier alpha value is -1.26. The summed E-state index contributed by atoms with van der Waals surface area (Å²) in [6, 6.07) is 5.49. The second-order valence-corrected chi connectivity index (χ2v) is 6.48. The Morgan fingerprint density at radius 1 is 1.48 bits per heavy atom. The third kappa shape index (κ3) is 3.01. The number of halogens is 1. The molecule has 2 N–H and O–H groups in total. The number of amides is 1. The number of carbonyl (C=O) groups is 1. The van der Waals surface area contributed by atoms with Crippen LogP contribution in [-0.2, 0) is 11.3 Å². The summed E-state index contributed by atoms with van der Waals surface area (Å²) in [5, 5.41) is 7.04. The van der Waals surface area contributed by atoms with Crippen LogP contribution in [0.3, 0.4) is 0 Å². The van der Waals surface area contributed by atoms with Crippen molar-refractivity contribution in [3.63, 3.8) is 0 Å². The number of piperidine rings is 1. The Morgan fingerprint density at radius 2 is 2.24 bits per heavy atom. The Bertz CT molecular complexity index is 541. The highest BCUT2D eigenvalue weighted by molar-refractivity contribution is 6.30. The van der Waals surface area contributed by atoms with E-state index in [0.29, 0.717) is 11.6 Å². The van der Waals surface area contributed by atoms with Gasteiger partial charge in [-0.1, -0.05) is 17.7 Å². The summed E-state index contributed by atoms with van der Waals surface area (Å²) in [6.07, 6.45) is 3.28. The SMILES string of the molecule is COc1cc(Cl)ccc1CNC(=O)C1CC12CCNCC2. The summed E-state index contributed by atoms with van der Waals surface area (Å²) in [4.78, 5) is 12.3. The second-order valence-electron chi connectivity index (χ2n) is 6.04. The lowest BCUT2D eigenvalue weighted by atomic mass is 9.92. The highest BCUT2D eigenvalue weighted by atomic mass is 35.5. The first kappa shape index (κ1) is 14.7. The summed E-state index contributed by atoms with van der Waals surface area (Å²) < 4.78 is 5.30. The van der Waals surface area contributed by atoms with Crippen molar-refractivity contribution in [2.45, 2.75) is 25.8 Å². The first-order valence-corrected chi connectivity index (χ1v) is 7.83. The highest BCUT2D eigenvalue weighted by Crippen LogP contribution is 2.58. The van der Waals surface area contributed by atoms with Gasteiger partial charge in [0.2, 0.25) is 5.91 Å². The normalized spacial score (nSPS) is 22.9. The van der Waals surface area contributed by atoms with Crippen LogP contribution in [0.4, 0.5) is 0 Å². The number of methoxy groups -OCH3 is 1. The molecule has 1 saturated carbocycles. The zero-order valence-electron chi connectivity index (χ0n) is 12.2. The van der Waals surface area contributed by atoms with Crippen molar-refractivity contribution in [3.05, 3.63) is 28.8 Å². The van der Waals surface area contributed by atoms with E-state index in [1.165, 1.54) is 0 Å². The molecule has 1 aromatic carbocycles. The lowest BCUT2D eigenvalue weighted by molar-refractivity contribution is -0.123. The van der Waals surface area contributed by atoms with Crippen molar-refractivity contribution >= 4 is 17.5 Å². The quantitative estimate of drug-likeness (QED) is 0.898. The Morgan fingerprint density at radius 3 is 2.95 bits per heavy atom. The molecule has 1 spiro atoms. The zero-order valence-corrected chi connectivity index (χ0v) is 13.0. The summed E-state index contributed by atoms with van der Waals surface area (Å²) in [5.74, 6) is 1.09. The van der Waals surface area contributed by atoms with Gasteiger partial charge in [0.25, 0.3) is 0 Å². The van der Waals surface area contributed by atoms with E-state index >= 15 is 0 Å². The Balaban J connectivity index is 1.57. The van der Waals surface area contributed by atoms with E-state index in [4.69, 9.17) is 16.3 Å². The predicted molar refractivity (Wildman–Crippen MR) is 82.5 cm³/mol. The third-order valence-electron chi connectivity index (χ3n) is 4.81. The molecule has 1 saturated heterocycles. The number of hydrogen-bond donors (Lipinski definition) is 2. The first-order chi connectivity index (χ1) is 10.1. The predicted octanol–water partition coefficient (Wildman–Crippen LogP) is 2.35. The minimum Gasteiger partial charge on any atom is -0.496 e. The monoisotopic (exact) mass is 308 g/mol. The average molecular weight is 309 g/mol. The number of hydrogen-bond acceptors (Lipinski definition) is 3. The van der Waals surface area contributed by atoms with Gasteiger partial charge in [-0.25, -0.2) is 0 Å². The molecule has 1 aliphatic heterocycles. The Labute approximate surface area is 130 Å². The molecule has 1 aliphatic carbocycles. The number of carbonyl (C=O) groups excluding carboxylic acids is 1. The first-order valence-electron chi connectivity index (χ1n) is 7.45. The van der Waals surface area contributed by atoms with E-state index < -0.39 is 0 Å². The minimum absolute atomic E-state index is 0.175. The van der Waals surface area contributed by atoms with E-state index in [2.05, 4.69) is 10.6 Å². The standard InChI is InChI=1S/C16H21ClN2O2/c1-21-14-8-12(17)3-2-11(14)10-19-15(20)13-9-16(13)4-6-18-7-5-16/h2-3,8,13,18H,4-7,9-10H2,1H3,(H,19,20). The molecule has 1 amide bonds. The van der Waals surface area contributed by atoms with Crippen LogP contribution < -0.4 is 15.4 Å². The fourth-order valence-corrected chi connectivity index (χ4v) is 3.53. The van der Waals surface area contributed by atoms with E-state index in [0.717, 1.165) is 43.7 Å². The molecule has 4 nitrogen and oxygen atoms in total. The molecule has 2 aliphatic rings. The molecule has 3 rings (SSSR count). The van der Waals surface area contributed by atoms with Crippen LogP contribution in [0.15, 0.2) is 18.2 Å². The molecule has 1 atom stereocenters. The summed E-state index contributed by atoms with van der Waals surface area (Å²) >= 11 is 5.94. The van der Waals surface area contributed by atoms with E-state index in [1.807, 2.05) is 12.1 Å². The van der Waals surface area contributed by atoms with Crippen molar-refractivity contribution in [3.8, 4) is 5.75 Å². The molecule has 0 aromatic heterocycles. The molecule has 1 unspecified atom stereocenters. The maximum atomic E-state index is 12.3. The largest absolute Gasteiger partial charge is 0.496 e. The summed E-state index contributed by atoms with van der Waals surface area (Å²) in [5.41, 5.74) is 1.23. The zero-order chi connectivity index (χ0) is 14.9. The van der Waals surface area contributed by atoms with Crippen molar-refractivity contribution in [2.24, 2.45) is 11.3 Å². The molecule has 2 fully saturated rings. The number of benzene rings is 1. The van der Waals surface area contributed by atoms with E-state index in [1.54, 1.807) is 13.2 Å². The van der Waals surface area contributed by atoms with Crippen molar-refractivity contribution in [1.82, 2.24) is 10.6 Å². The Kier molecular flexibility index (Phi) is 4.09. The van der Waals surface area contributed by atoms with Crippen LogP contribution in [-0.4, -0.2) is 26.1 Å². The molecule has 114 valence electrons. The molecular formula is C16H21ClN2O2. The van der Waals surface area contributed by atoms with Crippen molar-refractivity contribution < 1.29 is 9.53 Å². The van der Waals surface area contributed by atoms with Gasteiger partial charge in [-0.05, 0) is 49.9 Å². The molecule has 5 heteroatoms. The maximum Gasteiger partial charge on any atom is 0.223 e. The van der Waals surface area contributed by atoms with Crippen LogP contribution in [0.1, 0.15) is 24.8 Å². The van der Waals surface area contributed by atoms with Gasteiger partial charge in [-0.3, -0.25) is 4.79 Å². The fourth-order valence-electron chi connectivity index (χ4n) is 3.37. The number of nitrogens with one attached hydrogen (secondary N) is 2. The molecule has 0 bridgehead atoms. The molecule has 0 radical (unpaired) electrons. The summed E-state index contributed by atoms with van der Waals surface area (Å²) in [7, 11) is 1.61. The lowest BCUT2D eigenvalue weighted by Gasteiger charge is -2.23. The van der Waals surface area contributed by atoms with Gasteiger partial charge in [-0.2, -0.15) is 0 Å². The molecule has 1 heterocycles. The fraction of sp³-hybridized carbons (Fsp3) is 0.562. The smallest absolute Gasteiger partial charge is 0.223 e. The third-order valence-corrected chi connectivity index (χ3v) is 5.04. The van der Waals surface area contributed by atoms with E-state index in [9.17, 15) is 4.79 Å². The number of ether oxygens (including phenoxy) is 1. The van der Waals surface area contributed by atoms with Crippen LogP contribution >= 0.6 is 11.6 Å².